The monoisotopic (exact) mass is 257 g/mol. The number of carbonyl (C=O) groups is 1. The zero-order valence-corrected chi connectivity index (χ0v) is 10.9. The molecule has 0 radical (unpaired) electrons. The molecule has 0 bridgehead atoms. The smallest absolute Gasteiger partial charge is 0.251 e. The Morgan fingerprint density at radius 1 is 1.53 bits per heavy atom. The van der Waals surface area contributed by atoms with E-state index in [1.165, 1.54) is 18.2 Å². The van der Waals surface area contributed by atoms with Crippen LogP contribution in [-0.2, 0) is 10.8 Å². The molecule has 5 heteroatoms. The van der Waals surface area contributed by atoms with E-state index >= 15 is 0 Å². The van der Waals surface area contributed by atoms with Crippen molar-refractivity contribution in [3.8, 4) is 0 Å². The molecule has 1 amide bonds. The van der Waals surface area contributed by atoms with E-state index in [0.29, 0.717) is 16.9 Å². The zero-order valence-electron chi connectivity index (χ0n) is 10.1. The van der Waals surface area contributed by atoms with Gasteiger partial charge in [-0.2, -0.15) is 0 Å². The molecule has 1 rings (SSSR count). The highest BCUT2D eigenvalue weighted by Gasteiger charge is 2.11. The summed E-state index contributed by atoms with van der Waals surface area (Å²) in [4.78, 5) is 11.8. The van der Waals surface area contributed by atoms with Gasteiger partial charge in [-0.05, 0) is 37.6 Å². The van der Waals surface area contributed by atoms with E-state index < -0.39 is 10.8 Å². The second kappa shape index (κ2) is 5.91. The lowest BCUT2D eigenvalue weighted by atomic mass is 10.1. The van der Waals surface area contributed by atoms with Crippen LogP contribution in [0.5, 0.6) is 0 Å². The van der Waals surface area contributed by atoms with Crippen LogP contribution in [-0.4, -0.2) is 28.2 Å². The Balaban J connectivity index is 2.70. The molecule has 0 saturated heterocycles. The number of amides is 1. The molecule has 0 aliphatic heterocycles. The van der Waals surface area contributed by atoms with Crippen LogP contribution in [0.2, 0.25) is 0 Å². The highest BCUT2D eigenvalue weighted by Crippen LogP contribution is 2.09. The molecule has 94 valence electrons. The van der Waals surface area contributed by atoms with Crippen molar-refractivity contribution >= 4 is 16.7 Å². The van der Waals surface area contributed by atoms with Crippen LogP contribution in [0.3, 0.4) is 0 Å². The fraction of sp³-hybridized carbons (Fsp3) is 0.417. The minimum Gasteiger partial charge on any atom is -0.349 e. The summed E-state index contributed by atoms with van der Waals surface area (Å²) in [5, 5.41) is 2.72. The maximum absolute atomic E-state index is 13.0. The van der Waals surface area contributed by atoms with E-state index in [4.69, 9.17) is 0 Å². The number of halogens is 1. The van der Waals surface area contributed by atoms with Gasteiger partial charge in [-0.3, -0.25) is 9.00 Å². The largest absolute Gasteiger partial charge is 0.349 e. The zero-order chi connectivity index (χ0) is 13.0. The molecule has 0 aromatic heterocycles. The Morgan fingerprint density at radius 3 is 2.71 bits per heavy atom. The molecule has 17 heavy (non-hydrogen) atoms. The molecular weight excluding hydrogens is 241 g/mol. The number of hydrogen-bond donors (Lipinski definition) is 1. The second-order valence-corrected chi connectivity index (χ2v) is 5.56. The number of rotatable bonds is 4. The first-order valence-electron chi connectivity index (χ1n) is 5.27. The summed E-state index contributed by atoms with van der Waals surface area (Å²) in [7, 11) is -0.951. The van der Waals surface area contributed by atoms with Crippen molar-refractivity contribution in [3.05, 3.63) is 35.1 Å². The third-order valence-electron chi connectivity index (χ3n) is 2.28. The van der Waals surface area contributed by atoms with Gasteiger partial charge in [0.1, 0.15) is 5.82 Å². The highest BCUT2D eigenvalue weighted by molar-refractivity contribution is 7.84. The van der Waals surface area contributed by atoms with E-state index in [-0.39, 0.29) is 17.8 Å². The molecule has 0 aliphatic carbocycles. The van der Waals surface area contributed by atoms with Crippen molar-refractivity contribution in [2.24, 2.45) is 0 Å². The molecule has 3 nitrogen and oxygen atoms in total. The predicted octanol–water partition coefficient (Wildman–Crippen LogP) is 1.63. The Labute approximate surface area is 103 Å². The van der Waals surface area contributed by atoms with E-state index in [0.717, 1.165) is 0 Å². The average Bonchev–Trinajstić information content (AvgIpc) is 2.20. The van der Waals surface area contributed by atoms with Gasteiger partial charge in [0, 0.05) is 34.4 Å². The Hall–Kier alpha value is -1.23. The number of aryl methyl sites for hydroxylation is 1. The molecule has 1 aromatic rings. The van der Waals surface area contributed by atoms with Crippen LogP contribution >= 0.6 is 0 Å². The quantitative estimate of drug-likeness (QED) is 0.891. The van der Waals surface area contributed by atoms with Crippen molar-refractivity contribution in [2.45, 2.75) is 19.9 Å². The van der Waals surface area contributed by atoms with Crippen LogP contribution in [0, 0.1) is 12.7 Å². The van der Waals surface area contributed by atoms with Gasteiger partial charge in [-0.25, -0.2) is 4.39 Å². The van der Waals surface area contributed by atoms with Crippen LogP contribution in [0.25, 0.3) is 0 Å². The van der Waals surface area contributed by atoms with Crippen LogP contribution in [0.4, 0.5) is 4.39 Å². The first kappa shape index (κ1) is 13.8. The van der Waals surface area contributed by atoms with Crippen molar-refractivity contribution < 1.29 is 13.4 Å². The predicted molar refractivity (Wildman–Crippen MR) is 67.0 cm³/mol. The lowest BCUT2D eigenvalue weighted by Crippen LogP contribution is -2.36. The molecule has 0 saturated carbocycles. The minimum absolute atomic E-state index is 0.168. The molecule has 0 heterocycles. The van der Waals surface area contributed by atoms with Crippen molar-refractivity contribution in [2.75, 3.05) is 12.0 Å². The fourth-order valence-corrected chi connectivity index (χ4v) is 2.27. The normalized spacial score (nSPS) is 14.1. The standard InChI is InChI=1S/C12H16FNO2S/c1-8-6-10(4-5-11(8)13)12(15)14-9(2)7-17(3)16/h4-6,9H,7H2,1-3H3,(H,14,15). The first-order valence-corrected chi connectivity index (χ1v) is 7.00. The average molecular weight is 257 g/mol. The van der Waals surface area contributed by atoms with E-state index in [2.05, 4.69) is 5.32 Å². The Kier molecular flexibility index (Phi) is 4.81. The number of nitrogens with one attached hydrogen (secondary N) is 1. The molecule has 0 aliphatic rings. The maximum atomic E-state index is 13.0. The van der Waals surface area contributed by atoms with Gasteiger partial charge < -0.3 is 5.32 Å². The summed E-state index contributed by atoms with van der Waals surface area (Å²) in [6.07, 6.45) is 1.59. The summed E-state index contributed by atoms with van der Waals surface area (Å²) in [6.45, 7) is 3.40. The minimum atomic E-state index is -0.951. The molecule has 2 unspecified atom stereocenters. The van der Waals surface area contributed by atoms with Crippen LogP contribution < -0.4 is 5.32 Å². The van der Waals surface area contributed by atoms with Gasteiger partial charge in [-0.1, -0.05) is 0 Å². The van der Waals surface area contributed by atoms with E-state index in [1.54, 1.807) is 20.1 Å². The van der Waals surface area contributed by atoms with E-state index in [1.807, 2.05) is 0 Å². The SMILES string of the molecule is Cc1cc(C(=O)NC(C)CS(C)=O)ccc1F. The van der Waals surface area contributed by atoms with E-state index in [9.17, 15) is 13.4 Å². The third kappa shape index (κ3) is 4.26. The number of hydrogen-bond acceptors (Lipinski definition) is 2. The molecule has 2 atom stereocenters. The first-order chi connectivity index (χ1) is 7.90. The number of benzene rings is 1. The maximum Gasteiger partial charge on any atom is 0.251 e. The Bertz CT molecular complexity index is 448. The molecule has 0 spiro atoms. The fourth-order valence-electron chi connectivity index (χ4n) is 1.49. The molecule has 1 N–H and O–H groups in total. The van der Waals surface area contributed by atoms with Gasteiger partial charge in [0.05, 0.1) is 0 Å². The molecular formula is C12H16FNO2S. The topological polar surface area (TPSA) is 46.2 Å². The Morgan fingerprint density at radius 2 is 2.18 bits per heavy atom. The molecule has 1 aromatic carbocycles. The molecule has 0 fully saturated rings. The number of carbonyl (C=O) groups excluding carboxylic acids is 1. The van der Waals surface area contributed by atoms with Crippen LogP contribution in [0.15, 0.2) is 18.2 Å². The van der Waals surface area contributed by atoms with Gasteiger partial charge in [0.2, 0.25) is 0 Å². The lowest BCUT2D eigenvalue weighted by molar-refractivity contribution is 0.0943. The van der Waals surface area contributed by atoms with Gasteiger partial charge in [0.25, 0.3) is 5.91 Å². The van der Waals surface area contributed by atoms with Crippen molar-refractivity contribution in [1.82, 2.24) is 5.32 Å². The van der Waals surface area contributed by atoms with Crippen molar-refractivity contribution in [3.63, 3.8) is 0 Å². The summed E-state index contributed by atoms with van der Waals surface area (Å²) >= 11 is 0. The summed E-state index contributed by atoms with van der Waals surface area (Å²) in [5.41, 5.74) is 0.849. The summed E-state index contributed by atoms with van der Waals surface area (Å²) in [5.74, 6) is -0.193. The summed E-state index contributed by atoms with van der Waals surface area (Å²) in [6, 6.07) is 4.04. The lowest BCUT2D eigenvalue weighted by Gasteiger charge is -2.12. The van der Waals surface area contributed by atoms with Gasteiger partial charge in [0.15, 0.2) is 0 Å². The van der Waals surface area contributed by atoms with Gasteiger partial charge in [-0.15, -0.1) is 0 Å². The van der Waals surface area contributed by atoms with Gasteiger partial charge >= 0.3 is 0 Å². The summed E-state index contributed by atoms with van der Waals surface area (Å²) < 4.78 is 24.0. The second-order valence-electron chi connectivity index (χ2n) is 4.08. The van der Waals surface area contributed by atoms with Crippen LogP contribution in [0.1, 0.15) is 22.8 Å². The van der Waals surface area contributed by atoms with Crippen molar-refractivity contribution in [1.29, 1.82) is 0 Å². The highest BCUT2D eigenvalue weighted by atomic mass is 32.2. The third-order valence-corrected chi connectivity index (χ3v) is 3.25.